The summed E-state index contributed by atoms with van der Waals surface area (Å²) in [4.78, 5) is 33.8. The van der Waals surface area contributed by atoms with E-state index in [4.69, 9.17) is 42.9 Å². The van der Waals surface area contributed by atoms with E-state index < -0.39 is 0 Å². The van der Waals surface area contributed by atoms with Gasteiger partial charge >= 0.3 is 0 Å². The first-order valence-corrected chi connectivity index (χ1v) is 28.1. The molecular formula is C61H73Cl2N11O2. The first-order chi connectivity index (χ1) is 37.2. The van der Waals surface area contributed by atoms with E-state index in [9.17, 15) is 5.11 Å². The normalized spacial score (nSPS) is 14.9. The van der Waals surface area contributed by atoms with Crippen molar-refractivity contribution >= 4 is 35.1 Å². The summed E-state index contributed by atoms with van der Waals surface area (Å²) in [6.07, 6.45) is 14.6. The highest BCUT2D eigenvalue weighted by atomic mass is 35.5. The van der Waals surface area contributed by atoms with Gasteiger partial charge in [-0.3, -0.25) is 19.7 Å². The van der Waals surface area contributed by atoms with Gasteiger partial charge in [-0.25, -0.2) is 19.9 Å². The summed E-state index contributed by atoms with van der Waals surface area (Å²) in [6, 6.07) is 35.8. The fourth-order valence-electron chi connectivity index (χ4n) is 10.7. The van der Waals surface area contributed by atoms with E-state index >= 15 is 0 Å². The number of hydrogen-bond acceptors (Lipinski definition) is 13. The van der Waals surface area contributed by atoms with Crippen LogP contribution in [-0.2, 0) is 32.5 Å². The molecule has 0 aliphatic carbocycles. The Kier molecular flexibility index (Phi) is 19.6. The Hall–Kier alpha value is -6.19. The Labute approximate surface area is 459 Å². The molecule has 5 heterocycles. The van der Waals surface area contributed by atoms with Crippen molar-refractivity contribution in [2.75, 3.05) is 69.5 Å². The highest BCUT2D eigenvalue weighted by Crippen LogP contribution is 2.37. The number of aromatic hydroxyl groups is 1. The Morgan fingerprint density at radius 3 is 1.84 bits per heavy atom. The number of anilines is 2. The average molecular weight is 1060 g/mol. The number of ether oxygens (including phenoxy) is 1. The zero-order chi connectivity index (χ0) is 52.6. The number of pyridine rings is 1. The lowest BCUT2D eigenvalue weighted by Gasteiger charge is -2.38. The van der Waals surface area contributed by atoms with E-state index in [1.54, 1.807) is 18.3 Å². The molecule has 4 aromatic carbocycles. The van der Waals surface area contributed by atoms with Gasteiger partial charge in [0.2, 0.25) is 11.9 Å². The van der Waals surface area contributed by atoms with E-state index in [1.165, 1.54) is 55.6 Å². The van der Waals surface area contributed by atoms with Gasteiger partial charge in [0.15, 0.2) is 5.75 Å². The smallest absolute Gasteiger partial charge is 0.223 e. The topological polar surface area (TPSA) is 131 Å². The van der Waals surface area contributed by atoms with E-state index in [0.29, 0.717) is 77.1 Å². The molecule has 9 rings (SSSR count). The highest BCUT2D eigenvalue weighted by molar-refractivity contribution is 6.32. The first-order valence-electron chi connectivity index (χ1n) is 27.3. The van der Waals surface area contributed by atoms with Crippen LogP contribution in [0, 0.1) is 0 Å². The van der Waals surface area contributed by atoms with Crippen LogP contribution in [0.4, 0.5) is 11.9 Å². The molecule has 3 N–H and O–H groups in total. The molecule has 398 valence electrons. The predicted molar refractivity (Wildman–Crippen MR) is 308 cm³/mol. The summed E-state index contributed by atoms with van der Waals surface area (Å²) in [6.45, 7) is 18.4. The number of likely N-dealkylation sites (tertiary alicyclic amines) is 2. The van der Waals surface area contributed by atoms with Crippen LogP contribution in [-0.4, -0.2) is 121 Å². The third kappa shape index (κ3) is 15.1. The van der Waals surface area contributed by atoms with Crippen LogP contribution in [0.1, 0.15) is 80.7 Å². The van der Waals surface area contributed by atoms with E-state index in [1.807, 2.05) is 48.9 Å². The maximum absolute atomic E-state index is 9.92. The van der Waals surface area contributed by atoms with Crippen molar-refractivity contribution in [3.05, 3.63) is 166 Å². The van der Waals surface area contributed by atoms with Gasteiger partial charge in [0.1, 0.15) is 17.2 Å². The largest absolute Gasteiger partial charge is 0.506 e. The van der Waals surface area contributed by atoms with Crippen LogP contribution in [0.15, 0.2) is 128 Å². The second kappa shape index (κ2) is 27.2. The molecule has 7 aromatic rings. The molecule has 2 aliphatic rings. The van der Waals surface area contributed by atoms with E-state index in [2.05, 4.69) is 122 Å². The minimum atomic E-state index is 0.0624. The Morgan fingerprint density at radius 2 is 1.21 bits per heavy atom. The third-order valence-corrected chi connectivity index (χ3v) is 15.5. The molecular weight excluding hydrogens is 990 g/mol. The highest BCUT2D eigenvalue weighted by Gasteiger charge is 2.26. The maximum Gasteiger partial charge on any atom is 0.223 e. The number of aromatic nitrogens is 5. The van der Waals surface area contributed by atoms with Gasteiger partial charge in [-0.2, -0.15) is 0 Å². The molecule has 0 radical (unpaired) electrons. The van der Waals surface area contributed by atoms with Crippen molar-refractivity contribution in [3.63, 3.8) is 0 Å². The molecule has 15 heteroatoms. The zero-order valence-electron chi connectivity index (χ0n) is 44.4. The molecule has 3 aromatic heterocycles. The lowest BCUT2D eigenvalue weighted by Crippen LogP contribution is -2.44. The molecule has 2 aliphatic heterocycles. The predicted octanol–water partition coefficient (Wildman–Crippen LogP) is 12.3. The van der Waals surface area contributed by atoms with E-state index in [0.717, 1.165) is 86.6 Å². The van der Waals surface area contributed by atoms with Gasteiger partial charge in [0, 0.05) is 74.5 Å². The van der Waals surface area contributed by atoms with Crippen LogP contribution in [0.5, 0.6) is 17.2 Å². The van der Waals surface area contributed by atoms with Crippen molar-refractivity contribution in [2.24, 2.45) is 0 Å². The first kappa shape index (κ1) is 54.6. The van der Waals surface area contributed by atoms with Gasteiger partial charge < -0.3 is 25.4 Å². The molecule has 2 saturated heterocycles. The number of piperidine rings is 2. The van der Waals surface area contributed by atoms with Crippen molar-refractivity contribution in [1.82, 2.24) is 44.5 Å². The monoisotopic (exact) mass is 1060 g/mol. The Bertz CT molecular complexity index is 2950. The van der Waals surface area contributed by atoms with Crippen LogP contribution in [0.2, 0.25) is 10.0 Å². The SMILES string of the molecule is CCCN1CCC(N(CC)Cc2cccc(-c3ccnc(NCCc4ccc(Oc5cnc(NCCc6ccc(O)c(Cl)c6)nc5-c5cccc(CN(CC)C6CCN(Cc7ccncc7)CC6)c5)c(Cl)c4)n3)c2)CC1. The minimum Gasteiger partial charge on any atom is -0.506 e. The van der Waals surface area contributed by atoms with Gasteiger partial charge in [-0.05, 0) is 173 Å². The second-order valence-corrected chi connectivity index (χ2v) is 21.0. The van der Waals surface area contributed by atoms with Gasteiger partial charge in [-0.15, -0.1) is 0 Å². The number of rotatable bonds is 24. The molecule has 0 atom stereocenters. The number of benzene rings is 4. The Morgan fingerprint density at radius 1 is 0.605 bits per heavy atom. The number of halogens is 2. The lowest BCUT2D eigenvalue weighted by molar-refractivity contribution is 0.103. The molecule has 0 saturated carbocycles. The summed E-state index contributed by atoms with van der Waals surface area (Å²) in [5, 5.41) is 17.6. The number of nitrogens with zero attached hydrogens (tertiary/aromatic N) is 9. The van der Waals surface area contributed by atoms with Crippen molar-refractivity contribution in [1.29, 1.82) is 0 Å². The zero-order valence-corrected chi connectivity index (χ0v) is 45.9. The fraction of sp³-hybridized carbons (Fsp3) is 0.393. The minimum absolute atomic E-state index is 0.0624. The quantitative estimate of drug-likeness (QED) is 0.0531. The van der Waals surface area contributed by atoms with Gasteiger partial charge in [0.25, 0.3) is 0 Å². The van der Waals surface area contributed by atoms with Crippen molar-refractivity contribution in [2.45, 2.75) is 97.4 Å². The average Bonchev–Trinajstić information content (AvgIpc) is 3.45. The van der Waals surface area contributed by atoms with Crippen LogP contribution < -0.4 is 15.4 Å². The molecule has 0 unspecified atom stereocenters. The van der Waals surface area contributed by atoms with Gasteiger partial charge in [0.05, 0.1) is 21.9 Å². The number of nitrogens with one attached hydrogen (secondary N) is 2. The maximum atomic E-state index is 9.92. The van der Waals surface area contributed by atoms with Crippen LogP contribution in [0.3, 0.4) is 0 Å². The van der Waals surface area contributed by atoms with Crippen LogP contribution >= 0.6 is 23.2 Å². The second-order valence-electron chi connectivity index (χ2n) is 20.1. The standard InChI is InChI=1S/C61H73Cl2N11O2/c1-4-31-71-32-22-51(23-33-71)73(5-2)42-47-9-7-11-49(36-47)55-21-30-67-60(69-55)65-28-20-45-14-16-57(54(63)39-45)76-58-40-68-61(66-29-19-44-13-15-56(75)53(62)38-44)70-59(58)50-12-8-10-48(37-50)43-74(6-3)52-24-34-72(35-25-52)41-46-17-26-64-27-18-46/h7-18,21,26-27,30,36-40,51-52,75H,4-6,19-20,22-25,28-29,31-35,41-43H2,1-3H3,(H,65,67,69)(H,66,68,70). The summed E-state index contributed by atoms with van der Waals surface area (Å²) >= 11 is 13.2. The molecule has 0 spiro atoms. The molecule has 2 fully saturated rings. The summed E-state index contributed by atoms with van der Waals surface area (Å²) in [5.74, 6) is 2.12. The third-order valence-electron chi connectivity index (χ3n) is 14.9. The number of hydrogen-bond donors (Lipinski definition) is 3. The lowest BCUT2D eigenvalue weighted by atomic mass is 10.0. The summed E-state index contributed by atoms with van der Waals surface area (Å²) < 4.78 is 6.62. The van der Waals surface area contributed by atoms with Crippen molar-refractivity contribution < 1.29 is 9.84 Å². The van der Waals surface area contributed by atoms with Gasteiger partial charge in [-0.1, -0.05) is 92.5 Å². The number of phenols is 1. The molecule has 0 bridgehead atoms. The molecule has 13 nitrogen and oxygen atoms in total. The summed E-state index contributed by atoms with van der Waals surface area (Å²) in [7, 11) is 0. The molecule has 0 amide bonds. The van der Waals surface area contributed by atoms with Crippen molar-refractivity contribution in [3.8, 4) is 39.8 Å². The summed E-state index contributed by atoms with van der Waals surface area (Å²) in [5.41, 5.74) is 9.40. The fourth-order valence-corrected chi connectivity index (χ4v) is 11.2. The van der Waals surface area contributed by atoms with Crippen LogP contribution in [0.25, 0.3) is 22.5 Å². The number of phenolic OH excluding ortho intramolecular Hbond substituents is 1. The Balaban J connectivity index is 0.842. The molecule has 76 heavy (non-hydrogen) atoms. The van der Waals surface area contributed by atoms with E-state index in [-0.39, 0.29) is 5.75 Å².